The third-order valence-corrected chi connectivity index (χ3v) is 17.2. The Bertz CT molecular complexity index is 1730. The molecule has 4 rings (SSSR count). The van der Waals surface area contributed by atoms with E-state index in [-0.39, 0.29) is 11.0 Å². The summed E-state index contributed by atoms with van der Waals surface area (Å²) in [6, 6.07) is 14.3. The van der Waals surface area contributed by atoms with E-state index >= 15 is 0 Å². The highest BCUT2D eigenvalue weighted by Crippen LogP contribution is 2.47. The first-order chi connectivity index (χ1) is 21.3. The highest BCUT2D eigenvalue weighted by atomic mass is 79.9. The van der Waals surface area contributed by atoms with Gasteiger partial charge in [-0.3, -0.25) is 0 Å². The Kier molecular flexibility index (Phi) is 11.2. The van der Waals surface area contributed by atoms with Crippen molar-refractivity contribution in [2.45, 2.75) is 95.4 Å². The van der Waals surface area contributed by atoms with Crippen LogP contribution in [0.5, 0.6) is 5.88 Å². The number of unbranched alkanes of at least 4 members (excludes halogenated alkanes) is 1. The van der Waals surface area contributed by atoms with Crippen LogP contribution in [0.25, 0.3) is 22.2 Å². The monoisotopic (exact) mass is 711 g/mol. The average Bonchev–Trinajstić information content (AvgIpc) is 3.39. The van der Waals surface area contributed by atoms with E-state index in [0.717, 1.165) is 30.2 Å². The normalized spacial score (nSPS) is 13.2. The van der Waals surface area contributed by atoms with Gasteiger partial charge in [0.1, 0.15) is 16.0 Å². The maximum absolute atomic E-state index is 13.9. The molecule has 0 bridgehead atoms. The van der Waals surface area contributed by atoms with E-state index in [1.807, 2.05) is 31.2 Å². The van der Waals surface area contributed by atoms with Gasteiger partial charge < -0.3 is 9.16 Å². The molecule has 1 unspecified atom stereocenters. The Hall–Kier alpha value is -2.79. The summed E-state index contributed by atoms with van der Waals surface area (Å²) in [5, 5.41) is 0.730. The van der Waals surface area contributed by atoms with E-state index in [4.69, 9.17) is 19.1 Å². The molecule has 0 saturated heterocycles. The number of hydrogen-bond acceptors (Lipinski definition) is 6. The summed E-state index contributed by atoms with van der Waals surface area (Å²) in [7, 11) is -4.66. The zero-order chi connectivity index (χ0) is 33.1. The van der Waals surface area contributed by atoms with Gasteiger partial charge in [0.2, 0.25) is 14.2 Å². The Morgan fingerprint density at radius 1 is 0.978 bits per heavy atom. The van der Waals surface area contributed by atoms with Crippen molar-refractivity contribution in [1.29, 1.82) is 0 Å². The lowest BCUT2D eigenvalue weighted by Gasteiger charge is -2.44. The first-order valence-corrected chi connectivity index (χ1v) is 20.0. The summed E-state index contributed by atoms with van der Waals surface area (Å²) in [5.74, 6) is 0.297. The molecule has 2 heterocycles. The van der Waals surface area contributed by atoms with E-state index < -0.39 is 18.3 Å². The topological polar surface area (TPSA) is 83.3 Å². The third kappa shape index (κ3) is 6.84. The predicted molar refractivity (Wildman–Crippen MR) is 190 cm³/mol. The van der Waals surface area contributed by atoms with Gasteiger partial charge in [-0.15, -0.1) is 6.58 Å². The lowest BCUT2D eigenvalue weighted by Crippen LogP contribution is -2.48. The number of allylic oxidation sites excluding steroid dienone is 1. The second kappa shape index (κ2) is 14.3. The highest BCUT2D eigenvalue weighted by Gasteiger charge is 2.47. The molecule has 0 amide bonds. The van der Waals surface area contributed by atoms with Crippen LogP contribution in [0.2, 0.25) is 16.6 Å². The molecule has 242 valence electrons. The Morgan fingerprint density at radius 2 is 1.60 bits per heavy atom. The molecule has 0 spiro atoms. The smallest absolute Gasteiger partial charge is 0.268 e. The maximum Gasteiger partial charge on any atom is 0.268 e. The Labute approximate surface area is 278 Å². The van der Waals surface area contributed by atoms with Gasteiger partial charge in [0.25, 0.3) is 10.0 Å². The van der Waals surface area contributed by atoms with Crippen molar-refractivity contribution < 1.29 is 17.6 Å². The van der Waals surface area contributed by atoms with Gasteiger partial charge in [-0.05, 0) is 76.9 Å². The maximum atomic E-state index is 13.9. The summed E-state index contributed by atoms with van der Waals surface area (Å²) in [4.78, 5) is 10.2. The minimum absolute atomic E-state index is 0.211. The lowest BCUT2D eigenvalue weighted by molar-refractivity contribution is 0.158. The molecule has 0 fully saturated rings. The van der Waals surface area contributed by atoms with Crippen molar-refractivity contribution in [2.75, 3.05) is 7.11 Å². The summed E-state index contributed by atoms with van der Waals surface area (Å²) >= 11 is 3.71. The molecule has 10 heteroatoms. The summed E-state index contributed by atoms with van der Waals surface area (Å²) in [5.41, 5.74) is 4.45. The number of aryl methyl sites for hydroxylation is 1. The zero-order valence-corrected chi connectivity index (χ0v) is 31.1. The number of ether oxygens (including phenoxy) is 1. The standard InChI is InChI=1S/C35H46BrN3O4SSi/c1-10-11-12-17-31(43-45(23(2)3,24(4)5)25(6)7)33-34(36)38-35(42-9)32(37-33)29-22-39(30-16-14-13-15-28(29)30)44(40,41)27-20-18-26(8)19-21-27/h10,13-16,18-25,31H,1,11-12,17H2,2-9H3. The third-order valence-electron chi connectivity index (χ3n) is 8.78. The van der Waals surface area contributed by atoms with Crippen LogP contribution in [0.4, 0.5) is 0 Å². The van der Waals surface area contributed by atoms with Crippen LogP contribution in [-0.4, -0.2) is 37.8 Å². The van der Waals surface area contributed by atoms with E-state index in [9.17, 15) is 8.42 Å². The number of benzene rings is 2. The van der Waals surface area contributed by atoms with E-state index in [1.165, 1.54) is 3.97 Å². The lowest BCUT2D eigenvalue weighted by atomic mass is 10.1. The highest BCUT2D eigenvalue weighted by molar-refractivity contribution is 9.10. The van der Waals surface area contributed by atoms with Gasteiger partial charge in [-0.1, -0.05) is 83.5 Å². The molecule has 7 nitrogen and oxygen atoms in total. The van der Waals surface area contributed by atoms with Crippen molar-refractivity contribution in [3.8, 4) is 17.1 Å². The molecule has 0 N–H and O–H groups in total. The van der Waals surface area contributed by atoms with E-state index in [2.05, 4.69) is 64.1 Å². The molecule has 0 aliphatic carbocycles. The Morgan fingerprint density at radius 3 is 2.18 bits per heavy atom. The van der Waals surface area contributed by atoms with Crippen molar-refractivity contribution in [2.24, 2.45) is 0 Å². The van der Waals surface area contributed by atoms with Crippen molar-refractivity contribution in [1.82, 2.24) is 13.9 Å². The van der Waals surface area contributed by atoms with Gasteiger partial charge in [-0.25, -0.2) is 22.4 Å². The summed E-state index contributed by atoms with van der Waals surface area (Å²) in [6.07, 6.45) is 5.73. The van der Waals surface area contributed by atoms with Crippen molar-refractivity contribution >= 4 is 45.2 Å². The molecule has 0 saturated carbocycles. The molecule has 4 aromatic rings. The minimum Gasteiger partial charge on any atom is -0.479 e. The van der Waals surface area contributed by atoms with Crippen LogP contribution in [0.1, 0.15) is 78.2 Å². The van der Waals surface area contributed by atoms with Crippen molar-refractivity contribution in [3.05, 3.63) is 83.2 Å². The molecular formula is C35H46BrN3O4SSi. The molecule has 2 aromatic carbocycles. The molecule has 2 aromatic heterocycles. The first-order valence-electron chi connectivity index (χ1n) is 15.6. The molecule has 0 radical (unpaired) electrons. The molecule has 1 atom stereocenters. The second-order valence-electron chi connectivity index (χ2n) is 12.6. The van der Waals surface area contributed by atoms with Gasteiger partial charge in [-0.2, -0.15) is 0 Å². The SMILES string of the molecule is C=CCCCC(O[Si](C(C)C)(C(C)C)C(C)C)c1nc(-c2cn(S(=O)(=O)c3ccc(C)cc3)c3ccccc23)c(OC)nc1Br. The number of para-hydroxylation sites is 1. The van der Waals surface area contributed by atoms with Crippen LogP contribution >= 0.6 is 15.9 Å². The molecular weight excluding hydrogens is 666 g/mol. The van der Waals surface area contributed by atoms with Gasteiger partial charge in [0.05, 0.1) is 23.6 Å². The Balaban J connectivity index is 1.95. The van der Waals surface area contributed by atoms with Crippen molar-refractivity contribution in [3.63, 3.8) is 0 Å². The van der Waals surface area contributed by atoms with E-state index in [1.54, 1.807) is 43.6 Å². The fraction of sp³-hybridized carbons (Fsp3) is 0.429. The predicted octanol–water partition coefficient (Wildman–Crippen LogP) is 10.0. The van der Waals surface area contributed by atoms with Gasteiger partial charge in [0, 0.05) is 17.1 Å². The van der Waals surface area contributed by atoms with Crippen LogP contribution in [0, 0.1) is 6.92 Å². The van der Waals surface area contributed by atoms with Gasteiger partial charge in [0.15, 0.2) is 0 Å². The van der Waals surface area contributed by atoms with Crippen LogP contribution in [0.15, 0.2) is 76.9 Å². The largest absolute Gasteiger partial charge is 0.479 e. The van der Waals surface area contributed by atoms with Crippen LogP contribution in [-0.2, 0) is 14.4 Å². The first kappa shape index (κ1) is 35.1. The quantitative estimate of drug-likeness (QED) is 0.0736. The number of fused-ring (bicyclic) bond motifs is 1. The summed E-state index contributed by atoms with van der Waals surface area (Å²) in [6.45, 7) is 19.5. The number of nitrogens with zero attached hydrogens (tertiary/aromatic N) is 3. The summed E-state index contributed by atoms with van der Waals surface area (Å²) < 4.78 is 42.9. The zero-order valence-electron chi connectivity index (χ0n) is 27.7. The number of methoxy groups -OCH3 is 1. The second-order valence-corrected chi connectivity index (χ2v) is 20.5. The molecule has 45 heavy (non-hydrogen) atoms. The molecule has 0 aliphatic heterocycles. The van der Waals surface area contributed by atoms with Gasteiger partial charge >= 0.3 is 0 Å². The number of rotatable bonds is 14. The number of hydrogen-bond donors (Lipinski definition) is 0. The minimum atomic E-state index is -3.90. The van der Waals surface area contributed by atoms with Crippen LogP contribution < -0.4 is 4.74 Å². The van der Waals surface area contributed by atoms with E-state index in [0.29, 0.717) is 49.6 Å². The fourth-order valence-electron chi connectivity index (χ4n) is 6.65. The number of aromatic nitrogens is 3. The molecule has 0 aliphatic rings. The number of halogens is 1. The average molecular weight is 713 g/mol. The van der Waals surface area contributed by atoms with Crippen LogP contribution in [0.3, 0.4) is 0 Å². The fourth-order valence-corrected chi connectivity index (χ4v) is 14.1.